The van der Waals surface area contributed by atoms with Crippen LogP contribution in [0.15, 0.2) is 11.6 Å². The zero-order chi connectivity index (χ0) is 9.97. The fraction of sp³-hybridized carbons (Fsp3) is 0.286. The Labute approximate surface area is 83.7 Å². The van der Waals surface area contributed by atoms with E-state index in [1.54, 1.807) is 0 Å². The summed E-state index contributed by atoms with van der Waals surface area (Å²) in [6.07, 6.45) is 1.87. The molecule has 2 aromatic heterocycles. The third kappa shape index (κ3) is 1.59. The lowest BCUT2D eigenvalue weighted by atomic mass is 10.5. The molecule has 2 aromatic rings. The number of carbonyl (C=O) groups excluding carboxylic acids is 1. The summed E-state index contributed by atoms with van der Waals surface area (Å²) in [4.78, 5) is 11.7. The summed E-state index contributed by atoms with van der Waals surface area (Å²) in [5.41, 5.74) is 5.15. The molecule has 2 heterocycles. The van der Waals surface area contributed by atoms with E-state index in [-0.39, 0.29) is 12.5 Å². The van der Waals surface area contributed by atoms with Gasteiger partial charge in [-0.05, 0) is 0 Å². The summed E-state index contributed by atoms with van der Waals surface area (Å²) in [6, 6.07) is 0. The number of hydrogen-bond donors (Lipinski definition) is 2. The van der Waals surface area contributed by atoms with Crippen molar-refractivity contribution in [2.75, 3.05) is 6.54 Å². The number of amides is 1. The Morgan fingerprint density at radius 1 is 1.64 bits per heavy atom. The predicted molar refractivity (Wildman–Crippen MR) is 51.8 cm³/mol. The van der Waals surface area contributed by atoms with Crippen molar-refractivity contribution in [1.82, 2.24) is 19.9 Å². The molecule has 0 bridgehead atoms. The van der Waals surface area contributed by atoms with Gasteiger partial charge < -0.3 is 11.1 Å². The van der Waals surface area contributed by atoms with Gasteiger partial charge >= 0.3 is 0 Å². The van der Waals surface area contributed by atoms with Gasteiger partial charge in [0.2, 0.25) is 10.9 Å². The maximum absolute atomic E-state index is 10.9. The van der Waals surface area contributed by atoms with E-state index in [0.717, 1.165) is 4.96 Å². The van der Waals surface area contributed by atoms with E-state index in [0.29, 0.717) is 12.4 Å². The number of carbonyl (C=O) groups is 1. The van der Waals surface area contributed by atoms with Crippen LogP contribution in [-0.2, 0) is 11.3 Å². The predicted octanol–water partition coefficient (Wildman–Crippen LogP) is -0.634. The molecule has 74 valence electrons. The lowest BCUT2D eigenvalue weighted by Crippen LogP contribution is -2.30. The van der Waals surface area contributed by atoms with E-state index in [4.69, 9.17) is 5.73 Å². The van der Waals surface area contributed by atoms with Crippen LogP contribution in [0.3, 0.4) is 0 Å². The maximum Gasteiger partial charge on any atom is 0.234 e. The van der Waals surface area contributed by atoms with Crippen LogP contribution in [-0.4, -0.2) is 27.0 Å². The molecule has 2 rings (SSSR count). The summed E-state index contributed by atoms with van der Waals surface area (Å²) < 4.78 is 1.83. The fourth-order valence-corrected chi connectivity index (χ4v) is 1.73. The highest BCUT2D eigenvalue weighted by atomic mass is 32.1. The number of nitrogens with two attached hydrogens (primary N) is 1. The van der Waals surface area contributed by atoms with Gasteiger partial charge in [-0.2, -0.15) is 0 Å². The molecule has 3 N–H and O–H groups in total. The first-order valence-electron chi connectivity index (χ1n) is 4.05. The zero-order valence-corrected chi connectivity index (χ0v) is 8.12. The van der Waals surface area contributed by atoms with Crippen LogP contribution in [0.2, 0.25) is 0 Å². The van der Waals surface area contributed by atoms with Crippen LogP contribution in [0.1, 0.15) is 5.82 Å². The minimum Gasteiger partial charge on any atom is -0.348 e. The molecule has 6 nitrogen and oxygen atoms in total. The second-order valence-corrected chi connectivity index (χ2v) is 3.53. The van der Waals surface area contributed by atoms with E-state index in [1.165, 1.54) is 11.3 Å². The zero-order valence-electron chi connectivity index (χ0n) is 7.30. The topological polar surface area (TPSA) is 85.3 Å². The van der Waals surface area contributed by atoms with Crippen LogP contribution in [0.5, 0.6) is 0 Å². The molecule has 0 atom stereocenters. The molecule has 14 heavy (non-hydrogen) atoms. The normalized spacial score (nSPS) is 10.6. The SMILES string of the molecule is NCC(=O)NCc1nnc2sccn12. The Balaban J connectivity index is 2.11. The molecule has 0 aliphatic heterocycles. The number of thiazole rings is 1. The number of fused-ring (bicyclic) bond motifs is 1. The smallest absolute Gasteiger partial charge is 0.234 e. The molecule has 0 unspecified atom stereocenters. The van der Waals surface area contributed by atoms with Gasteiger partial charge in [0, 0.05) is 11.6 Å². The second-order valence-electron chi connectivity index (χ2n) is 2.65. The highest BCUT2D eigenvalue weighted by molar-refractivity contribution is 7.15. The number of aromatic nitrogens is 3. The summed E-state index contributed by atoms with van der Waals surface area (Å²) in [7, 11) is 0. The molecular formula is C7H9N5OS. The van der Waals surface area contributed by atoms with Crippen molar-refractivity contribution in [3.05, 3.63) is 17.4 Å². The van der Waals surface area contributed by atoms with Crippen molar-refractivity contribution in [3.8, 4) is 0 Å². The molecule has 0 spiro atoms. The molecule has 0 aromatic carbocycles. The van der Waals surface area contributed by atoms with Crippen molar-refractivity contribution in [1.29, 1.82) is 0 Å². The summed E-state index contributed by atoms with van der Waals surface area (Å²) in [6.45, 7) is 0.347. The number of rotatable bonds is 3. The Bertz CT molecular complexity index is 448. The highest BCUT2D eigenvalue weighted by Gasteiger charge is 2.06. The molecule has 1 amide bonds. The molecule has 0 radical (unpaired) electrons. The van der Waals surface area contributed by atoms with Gasteiger partial charge in [0.25, 0.3) is 0 Å². The van der Waals surface area contributed by atoms with E-state index in [2.05, 4.69) is 15.5 Å². The molecule has 7 heteroatoms. The molecule has 0 fully saturated rings. The maximum atomic E-state index is 10.9. The van der Waals surface area contributed by atoms with Gasteiger partial charge in [-0.3, -0.25) is 9.20 Å². The largest absolute Gasteiger partial charge is 0.348 e. The molecule has 0 saturated carbocycles. The summed E-state index contributed by atoms with van der Waals surface area (Å²) >= 11 is 1.50. The van der Waals surface area contributed by atoms with Crippen molar-refractivity contribution in [2.45, 2.75) is 6.54 Å². The summed E-state index contributed by atoms with van der Waals surface area (Å²) in [5.74, 6) is 0.514. The van der Waals surface area contributed by atoms with E-state index in [9.17, 15) is 4.79 Å². The standard InChI is InChI=1S/C7H9N5OS/c8-3-6(13)9-4-5-10-11-7-12(5)1-2-14-7/h1-2H,3-4,8H2,(H,9,13). The van der Waals surface area contributed by atoms with Crippen molar-refractivity contribution in [3.63, 3.8) is 0 Å². The lowest BCUT2D eigenvalue weighted by molar-refractivity contribution is -0.119. The Kier molecular flexibility index (Phi) is 2.42. The second kappa shape index (κ2) is 3.72. The van der Waals surface area contributed by atoms with Gasteiger partial charge in [0.05, 0.1) is 13.1 Å². The Hall–Kier alpha value is -1.47. The van der Waals surface area contributed by atoms with Gasteiger partial charge in [-0.25, -0.2) is 0 Å². The van der Waals surface area contributed by atoms with Crippen molar-refractivity contribution < 1.29 is 4.79 Å². The highest BCUT2D eigenvalue weighted by Crippen LogP contribution is 2.09. The van der Waals surface area contributed by atoms with Crippen LogP contribution in [0.4, 0.5) is 0 Å². The monoisotopic (exact) mass is 211 g/mol. The molecule has 0 saturated heterocycles. The molecule has 0 aliphatic carbocycles. The average molecular weight is 211 g/mol. The van der Waals surface area contributed by atoms with Crippen molar-refractivity contribution in [2.24, 2.45) is 5.73 Å². The molecular weight excluding hydrogens is 202 g/mol. The third-order valence-corrected chi connectivity index (χ3v) is 2.49. The summed E-state index contributed by atoms with van der Waals surface area (Å²) in [5, 5.41) is 12.4. The van der Waals surface area contributed by atoms with E-state index < -0.39 is 0 Å². The van der Waals surface area contributed by atoms with Gasteiger partial charge in [0.1, 0.15) is 0 Å². The lowest BCUT2D eigenvalue weighted by Gasteiger charge is -1.99. The third-order valence-electron chi connectivity index (χ3n) is 1.75. The quantitative estimate of drug-likeness (QED) is 0.707. The van der Waals surface area contributed by atoms with Gasteiger partial charge in [-0.1, -0.05) is 0 Å². The average Bonchev–Trinajstić information content (AvgIpc) is 2.76. The van der Waals surface area contributed by atoms with Crippen LogP contribution >= 0.6 is 11.3 Å². The number of nitrogens with zero attached hydrogens (tertiary/aromatic N) is 3. The minimum atomic E-state index is -0.197. The Morgan fingerprint density at radius 2 is 2.50 bits per heavy atom. The Morgan fingerprint density at radius 3 is 3.29 bits per heavy atom. The van der Waals surface area contributed by atoms with E-state index >= 15 is 0 Å². The fourth-order valence-electron chi connectivity index (χ4n) is 1.06. The van der Waals surface area contributed by atoms with Crippen LogP contribution in [0.25, 0.3) is 4.96 Å². The number of hydrogen-bond acceptors (Lipinski definition) is 5. The first kappa shape index (κ1) is 9.10. The van der Waals surface area contributed by atoms with Crippen LogP contribution in [0, 0.1) is 0 Å². The van der Waals surface area contributed by atoms with Crippen LogP contribution < -0.4 is 11.1 Å². The van der Waals surface area contributed by atoms with Gasteiger partial charge in [0.15, 0.2) is 5.82 Å². The minimum absolute atomic E-state index is 0.00835. The number of nitrogens with one attached hydrogen (secondary N) is 1. The van der Waals surface area contributed by atoms with E-state index in [1.807, 2.05) is 16.0 Å². The van der Waals surface area contributed by atoms with Gasteiger partial charge in [-0.15, -0.1) is 21.5 Å². The van der Waals surface area contributed by atoms with Crippen molar-refractivity contribution >= 4 is 22.2 Å². The first-order chi connectivity index (χ1) is 6.81. The molecule has 0 aliphatic rings. The first-order valence-corrected chi connectivity index (χ1v) is 4.93.